The molecule has 2 saturated heterocycles. The summed E-state index contributed by atoms with van der Waals surface area (Å²) in [5.74, 6) is 0.609. The molecule has 0 aliphatic carbocycles. The van der Waals surface area contributed by atoms with Crippen LogP contribution in [0.2, 0.25) is 0 Å². The summed E-state index contributed by atoms with van der Waals surface area (Å²) < 4.78 is 1.05. The Morgan fingerprint density at radius 2 is 2.17 bits per heavy atom. The van der Waals surface area contributed by atoms with Gasteiger partial charge in [-0.15, -0.1) is 11.3 Å². The van der Waals surface area contributed by atoms with Crippen molar-refractivity contribution < 1.29 is 9.59 Å². The Labute approximate surface area is 144 Å². The number of carbonyl (C=O) groups excluding carboxylic acids is 2. The Morgan fingerprint density at radius 3 is 2.88 bits per heavy atom. The maximum Gasteiger partial charge on any atom is 0.317 e. The SMILES string of the molecule is O=C1NCCN1CC1CCN(C(=O)c2cc3ccncc3s2)CC1. The fourth-order valence-electron chi connectivity index (χ4n) is 3.46. The van der Waals surface area contributed by atoms with Crippen LogP contribution in [0.4, 0.5) is 4.79 Å². The number of aromatic nitrogens is 1. The third kappa shape index (κ3) is 2.96. The number of pyridine rings is 1. The van der Waals surface area contributed by atoms with Gasteiger partial charge in [0.25, 0.3) is 5.91 Å². The van der Waals surface area contributed by atoms with Gasteiger partial charge in [-0.05, 0) is 36.3 Å². The lowest BCUT2D eigenvalue weighted by Gasteiger charge is -2.33. The van der Waals surface area contributed by atoms with E-state index in [1.807, 2.05) is 28.1 Å². The van der Waals surface area contributed by atoms with Crippen molar-refractivity contribution in [1.29, 1.82) is 0 Å². The molecule has 3 amide bonds. The van der Waals surface area contributed by atoms with Crippen LogP contribution >= 0.6 is 11.3 Å². The molecule has 0 radical (unpaired) electrons. The molecule has 4 rings (SSSR count). The monoisotopic (exact) mass is 344 g/mol. The summed E-state index contributed by atoms with van der Waals surface area (Å²) in [6.45, 7) is 3.89. The average Bonchev–Trinajstić information content (AvgIpc) is 3.21. The number of piperidine rings is 1. The van der Waals surface area contributed by atoms with E-state index < -0.39 is 0 Å². The van der Waals surface area contributed by atoms with Gasteiger partial charge in [-0.2, -0.15) is 0 Å². The smallest absolute Gasteiger partial charge is 0.317 e. The number of fused-ring (bicyclic) bond motifs is 1. The third-order valence-corrected chi connectivity index (χ3v) is 5.93. The number of likely N-dealkylation sites (tertiary alicyclic amines) is 1. The summed E-state index contributed by atoms with van der Waals surface area (Å²) >= 11 is 1.51. The van der Waals surface area contributed by atoms with Gasteiger partial charge in [-0.1, -0.05) is 0 Å². The van der Waals surface area contributed by atoms with Crippen molar-refractivity contribution in [3.05, 3.63) is 29.4 Å². The molecule has 0 unspecified atom stereocenters. The number of thiophene rings is 1. The van der Waals surface area contributed by atoms with Crippen LogP contribution in [0.5, 0.6) is 0 Å². The average molecular weight is 344 g/mol. The standard InChI is InChI=1S/C17H20N4O2S/c22-16(14-9-13-1-4-18-10-15(13)24-14)20-6-2-12(3-7-20)11-21-8-5-19-17(21)23/h1,4,9-10,12H,2-3,5-8,11H2,(H,19,23). The topological polar surface area (TPSA) is 65.5 Å². The molecule has 4 heterocycles. The first-order valence-corrected chi connectivity index (χ1v) is 9.18. The summed E-state index contributed by atoms with van der Waals surface area (Å²) in [6, 6.07) is 3.95. The highest BCUT2D eigenvalue weighted by molar-refractivity contribution is 7.20. The summed E-state index contributed by atoms with van der Waals surface area (Å²) in [5, 5.41) is 3.92. The molecule has 2 aliphatic rings. The molecule has 126 valence electrons. The predicted molar refractivity (Wildman–Crippen MR) is 93.2 cm³/mol. The zero-order valence-electron chi connectivity index (χ0n) is 13.4. The Bertz CT molecular complexity index is 734. The molecule has 0 bridgehead atoms. The van der Waals surface area contributed by atoms with Crippen molar-refractivity contribution in [2.75, 3.05) is 32.7 Å². The Balaban J connectivity index is 1.36. The first kappa shape index (κ1) is 15.4. The van der Waals surface area contributed by atoms with Crippen molar-refractivity contribution in [2.45, 2.75) is 12.8 Å². The maximum atomic E-state index is 12.7. The van der Waals surface area contributed by atoms with Crippen LogP contribution in [0.25, 0.3) is 10.1 Å². The molecule has 6 nitrogen and oxygen atoms in total. The number of nitrogens with one attached hydrogen (secondary N) is 1. The minimum Gasteiger partial charge on any atom is -0.338 e. The molecule has 2 fully saturated rings. The number of amides is 3. The molecule has 0 aromatic carbocycles. The molecule has 0 saturated carbocycles. The van der Waals surface area contributed by atoms with E-state index in [0.717, 1.165) is 60.5 Å². The maximum absolute atomic E-state index is 12.7. The van der Waals surface area contributed by atoms with E-state index in [-0.39, 0.29) is 11.9 Å². The minimum absolute atomic E-state index is 0.0485. The lowest BCUT2D eigenvalue weighted by atomic mass is 9.96. The van der Waals surface area contributed by atoms with Crippen LogP contribution in [-0.4, -0.2) is 59.4 Å². The lowest BCUT2D eigenvalue weighted by Crippen LogP contribution is -2.42. The highest BCUT2D eigenvalue weighted by atomic mass is 32.1. The molecule has 2 aliphatic heterocycles. The number of nitrogens with zero attached hydrogens (tertiary/aromatic N) is 3. The summed E-state index contributed by atoms with van der Waals surface area (Å²) in [6.07, 6.45) is 5.48. The molecule has 7 heteroatoms. The highest BCUT2D eigenvalue weighted by Crippen LogP contribution is 2.27. The van der Waals surface area contributed by atoms with Gasteiger partial charge in [-0.3, -0.25) is 9.78 Å². The van der Waals surface area contributed by atoms with Crippen LogP contribution in [0.3, 0.4) is 0 Å². The molecule has 0 spiro atoms. The largest absolute Gasteiger partial charge is 0.338 e. The summed E-state index contributed by atoms with van der Waals surface area (Å²) in [5.41, 5.74) is 0. The van der Waals surface area contributed by atoms with Gasteiger partial charge in [-0.25, -0.2) is 4.79 Å². The minimum atomic E-state index is 0.0485. The van der Waals surface area contributed by atoms with Gasteiger partial charge in [0, 0.05) is 45.1 Å². The zero-order chi connectivity index (χ0) is 16.5. The summed E-state index contributed by atoms with van der Waals surface area (Å²) in [7, 11) is 0. The van der Waals surface area contributed by atoms with E-state index in [1.54, 1.807) is 6.20 Å². The molecular weight excluding hydrogens is 324 g/mol. The summed E-state index contributed by atoms with van der Waals surface area (Å²) in [4.78, 5) is 33.1. The fourth-order valence-corrected chi connectivity index (χ4v) is 4.46. The second-order valence-corrected chi connectivity index (χ2v) is 7.52. The number of hydrogen-bond donors (Lipinski definition) is 1. The molecule has 1 N–H and O–H groups in total. The molecule has 24 heavy (non-hydrogen) atoms. The van der Waals surface area contributed by atoms with E-state index in [2.05, 4.69) is 10.3 Å². The van der Waals surface area contributed by atoms with Crippen LogP contribution in [-0.2, 0) is 0 Å². The molecule has 2 aromatic rings. The van der Waals surface area contributed by atoms with E-state index in [1.165, 1.54) is 11.3 Å². The van der Waals surface area contributed by atoms with Crippen LogP contribution in [0.15, 0.2) is 24.5 Å². The van der Waals surface area contributed by atoms with Gasteiger partial charge < -0.3 is 15.1 Å². The highest BCUT2D eigenvalue weighted by Gasteiger charge is 2.28. The number of hydrogen-bond acceptors (Lipinski definition) is 4. The van der Waals surface area contributed by atoms with Crippen LogP contribution in [0, 0.1) is 5.92 Å². The van der Waals surface area contributed by atoms with Gasteiger partial charge in [0.1, 0.15) is 0 Å². The van der Waals surface area contributed by atoms with E-state index >= 15 is 0 Å². The first-order valence-electron chi connectivity index (χ1n) is 8.36. The second kappa shape index (κ2) is 6.39. The van der Waals surface area contributed by atoms with Crippen molar-refractivity contribution in [3.8, 4) is 0 Å². The zero-order valence-corrected chi connectivity index (χ0v) is 14.2. The molecular formula is C17H20N4O2S. The van der Waals surface area contributed by atoms with Crippen molar-refractivity contribution in [3.63, 3.8) is 0 Å². The first-order chi connectivity index (χ1) is 11.7. The van der Waals surface area contributed by atoms with Gasteiger partial charge in [0.2, 0.25) is 0 Å². The molecule has 0 atom stereocenters. The van der Waals surface area contributed by atoms with Gasteiger partial charge in [0.05, 0.1) is 9.58 Å². The lowest BCUT2D eigenvalue weighted by molar-refractivity contribution is 0.0682. The van der Waals surface area contributed by atoms with Crippen molar-refractivity contribution >= 4 is 33.4 Å². The van der Waals surface area contributed by atoms with E-state index in [9.17, 15) is 9.59 Å². The quantitative estimate of drug-likeness (QED) is 0.928. The van der Waals surface area contributed by atoms with Crippen molar-refractivity contribution in [2.24, 2.45) is 5.92 Å². The fraction of sp³-hybridized carbons (Fsp3) is 0.471. The number of rotatable bonds is 3. The normalized spacial score (nSPS) is 19.1. The van der Waals surface area contributed by atoms with Crippen molar-refractivity contribution in [1.82, 2.24) is 20.1 Å². The second-order valence-electron chi connectivity index (χ2n) is 6.44. The van der Waals surface area contributed by atoms with Gasteiger partial charge >= 0.3 is 6.03 Å². The number of carbonyl (C=O) groups is 2. The Hall–Kier alpha value is -2.15. The van der Waals surface area contributed by atoms with Gasteiger partial charge in [0.15, 0.2) is 0 Å². The molecule has 2 aromatic heterocycles. The Morgan fingerprint density at radius 1 is 1.33 bits per heavy atom. The van der Waals surface area contributed by atoms with E-state index in [0.29, 0.717) is 5.92 Å². The Kier molecular flexibility index (Phi) is 4.10. The van der Waals surface area contributed by atoms with Crippen LogP contribution < -0.4 is 5.32 Å². The van der Waals surface area contributed by atoms with E-state index in [4.69, 9.17) is 0 Å². The number of urea groups is 1. The predicted octanol–water partition coefficient (Wildman–Crippen LogP) is 2.17. The van der Waals surface area contributed by atoms with Crippen LogP contribution in [0.1, 0.15) is 22.5 Å². The third-order valence-electron chi connectivity index (χ3n) is 4.86.